The zero-order chi connectivity index (χ0) is 12.8. The zero-order valence-electron chi connectivity index (χ0n) is 9.84. The van der Waals surface area contributed by atoms with E-state index < -0.39 is 0 Å². The molecular formula is C13H14N4O. The Balaban J connectivity index is 1.90. The topological polar surface area (TPSA) is 84.9 Å². The highest BCUT2D eigenvalue weighted by Gasteiger charge is 2.01. The Morgan fingerprint density at radius 2 is 2.11 bits per heavy atom. The molecule has 0 aliphatic carbocycles. The van der Waals surface area contributed by atoms with E-state index in [4.69, 9.17) is 15.9 Å². The van der Waals surface area contributed by atoms with Gasteiger partial charge in [0.15, 0.2) is 0 Å². The van der Waals surface area contributed by atoms with Crippen molar-refractivity contribution in [2.75, 3.05) is 6.61 Å². The average molecular weight is 242 g/mol. The summed E-state index contributed by atoms with van der Waals surface area (Å²) in [4.78, 5) is 8.17. The molecule has 2 aromatic rings. The Labute approximate surface area is 105 Å². The summed E-state index contributed by atoms with van der Waals surface area (Å²) in [6.45, 7) is 0.526. The summed E-state index contributed by atoms with van der Waals surface area (Å²) in [5.41, 5.74) is 6.76. The van der Waals surface area contributed by atoms with Gasteiger partial charge in [0.25, 0.3) is 0 Å². The highest BCUT2D eigenvalue weighted by molar-refractivity contribution is 5.93. The largest absolute Gasteiger partial charge is 0.493 e. The van der Waals surface area contributed by atoms with Crippen molar-refractivity contribution >= 4 is 5.84 Å². The summed E-state index contributed by atoms with van der Waals surface area (Å²) in [5.74, 6) is 0.594. The van der Waals surface area contributed by atoms with E-state index in [0.29, 0.717) is 18.1 Å². The van der Waals surface area contributed by atoms with Gasteiger partial charge in [0.05, 0.1) is 6.61 Å². The minimum Gasteiger partial charge on any atom is -0.493 e. The number of pyridine rings is 2. The van der Waals surface area contributed by atoms with Crippen molar-refractivity contribution < 1.29 is 4.74 Å². The third kappa shape index (κ3) is 3.28. The van der Waals surface area contributed by atoms with E-state index in [1.807, 2.05) is 18.2 Å². The van der Waals surface area contributed by atoms with Gasteiger partial charge in [-0.05, 0) is 18.2 Å². The molecular weight excluding hydrogens is 228 g/mol. The van der Waals surface area contributed by atoms with Crippen LogP contribution in [0.5, 0.6) is 5.75 Å². The van der Waals surface area contributed by atoms with Gasteiger partial charge < -0.3 is 10.5 Å². The van der Waals surface area contributed by atoms with Crippen molar-refractivity contribution in [3.63, 3.8) is 0 Å². The van der Waals surface area contributed by atoms with E-state index >= 15 is 0 Å². The second-order valence-electron chi connectivity index (χ2n) is 3.71. The molecule has 2 rings (SSSR count). The van der Waals surface area contributed by atoms with Crippen LogP contribution in [0, 0.1) is 5.41 Å². The maximum atomic E-state index is 7.29. The van der Waals surface area contributed by atoms with Crippen LogP contribution in [0.15, 0.2) is 42.7 Å². The normalized spacial score (nSPS) is 10.0. The Hall–Kier alpha value is -2.43. The van der Waals surface area contributed by atoms with Crippen LogP contribution in [-0.4, -0.2) is 22.4 Å². The zero-order valence-corrected chi connectivity index (χ0v) is 9.84. The molecule has 0 saturated heterocycles. The number of aromatic nitrogens is 2. The lowest BCUT2D eigenvalue weighted by Crippen LogP contribution is -2.13. The van der Waals surface area contributed by atoms with Gasteiger partial charge in [-0.2, -0.15) is 0 Å². The molecule has 0 aliphatic rings. The molecule has 0 amide bonds. The Kier molecular flexibility index (Phi) is 3.86. The van der Waals surface area contributed by atoms with Crippen LogP contribution in [0.2, 0.25) is 0 Å². The van der Waals surface area contributed by atoms with Gasteiger partial charge in [-0.1, -0.05) is 6.07 Å². The number of nitrogens with two attached hydrogens (primary N) is 1. The standard InChI is InChI=1S/C13H14N4O/c14-13(15)12-9-11(4-7-17-12)18-8-5-10-3-1-2-6-16-10/h1-4,6-7,9H,5,8H2,(H3,14,15). The summed E-state index contributed by atoms with van der Waals surface area (Å²) < 4.78 is 5.57. The number of amidine groups is 1. The van der Waals surface area contributed by atoms with Crippen LogP contribution in [0.25, 0.3) is 0 Å². The fourth-order valence-electron chi connectivity index (χ4n) is 1.47. The van der Waals surface area contributed by atoms with Gasteiger partial charge in [-0.25, -0.2) is 0 Å². The molecule has 0 bridgehead atoms. The quantitative estimate of drug-likeness (QED) is 0.612. The molecule has 0 aliphatic heterocycles. The lowest BCUT2D eigenvalue weighted by Gasteiger charge is -2.06. The van der Waals surface area contributed by atoms with Gasteiger partial charge >= 0.3 is 0 Å². The number of hydrogen-bond acceptors (Lipinski definition) is 4. The second kappa shape index (κ2) is 5.77. The summed E-state index contributed by atoms with van der Waals surface area (Å²) in [6.07, 6.45) is 4.07. The Morgan fingerprint density at radius 3 is 2.83 bits per heavy atom. The van der Waals surface area contributed by atoms with E-state index in [1.54, 1.807) is 24.5 Å². The average Bonchev–Trinajstić information content (AvgIpc) is 2.40. The molecule has 92 valence electrons. The summed E-state index contributed by atoms with van der Waals surface area (Å²) >= 11 is 0. The lowest BCUT2D eigenvalue weighted by atomic mass is 10.3. The van der Waals surface area contributed by atoms with Crippen LogP contribution in [0.4, 0.5) is 0 Å². The molecule has 5 nitrogen and oxygen atoms in total. The number of ether oxygens (including phenoxy) is 1. The molecule has 5 heteroatoms. The molecule has 0 radical (unpaired) electrons. The molecule has 3 N–H and O–H groups in total. The minimum absolute atomic E-state index is 0.0647. The van der Waals surface area contributed by atoms with Crippen LogP contribution in [0.1, 0.15) is 11.4 Å². The van der Waals surface area contributed by atoms with Crippen molar-refractivity contribution in [2.45, 2.75) is 6.42 Å². The van der Waals surface area contributed by atoms with Gasteiger partial charge in [0.2, 0.25) is 0 Å². The van der Waals surface area contributed by atoms with Gasteiger partial charge in [-0.3, -0.25) is 15.4 Å². The Bertz CT molecular complexity index is 528. The smallest absolute Gasteiger partial charge is 0.141 e. The molecule has 2 heterocycles. The number of nitrogen functional groups attached to an aromatic ring is 1. The first-order valence-electron chi connectivity index (χ1n) is 5.59. The number of nitrogens with one attached hydrogen (secondary N) is 1. The number of rotatable bonds is 5. The Morgan fingerprint density at radius 1 is 1.22 bits per heavy atom. The van der Waals surface area contributed by atoms with Crippen LogP contribution >= 0.6 is 0 Å². The second-order valence-corrected chi connectivity index (χ2v) is 3.71. The van der Waals surface area contributed by atoms with Crippen molar-refractivity contribution in [1.82, 2.24) is 9.97 Å². The molecule has 2 aromatic heterocycles. The summed E-state index contributed by atoms with van der Waals surface area (Å²) in [7, 11) is 0. The predicted octanol–water partition coefficient (Wildman–Crippen LogP) is 1.38. The van der Waals surface area contributed by atoms with Crippen LogP contribution in [0.3, 0.4) is 0 Å². The first-order valence-corrected chi connectivity index (χ1v) is 5.59. The molecule has 0 atom stereocenters. The third-order valence-electron chi connectivity index (χ3n) is 2.36. The molecule has 0 unspecified atom stereocenters. The summed E-state index contributed by atoms with van der Waals surface area (Å²) in [6, 6.07) is 9.18. The number of nitrogens with zero attached hydrogens (tertiary/aromatic N) is 2. The van der Waals surface area contributed by atoms with Crippen molar-refractivity contribution in [3.05, 3.63) is 54.1 Å². The fourth-order valence-corrected chi connectivity index (χ4v) is 1.47. The third-order valence-corrected chi connectivity index (χ3v) is 2.36. The van der Waals surface area contributed by atoms with Gasteiger partial charge in [-0.15, -0.1) is 0 Å². The van der Waals surface area contributed by atoms with Crippen LogP contribution < -0.4 is 10.5 Å². The van der Waals surface area contributed by atoms with Crippen molar-refractivity contribution in [3.8, 4) is 5.75 Å². The van der Waals surface area contributed by atoms with E-state index in [0.717, 1.165) is 12.1 Å². The van der Waals surface area contributed by atoms with Crippen LogP contribution in [-0.2, 0) is 6.42 Å². The minimum atomic E-state index is -0.0647. The molecule has 0 saturated carbocycles. The van der Waals surface area contributed by atoms with Gasteiger partial charge in [0.1, 0.15) is 17.3 Å². The van der Waals surface area contributed by atoms with E-state index in [2.05, 4.69) is 9.97 Å². The van der Waals surface area contributed by atoms with E-state index in [-0.39, 0.29) is 5.84 Å². The monoisotopic (exact) mass is 242 g/mol. The highest BCUT2D eigenvalue weighted by atomic mass is 16.5. The molecule has 0 aromatic carbocycles. The van der Waals surface area contributed by atoms with E-state index in [9.17, 15) is 0 Å². The number of hydrogen-bond donors (Lipinski definition) is 2. The molecule has 18 heavy (non-hydrogen) atoms. The highest BCUT2D eigenvalue weighted by Crippen LogP contribution is 2.11. The SMILES string of the molecule is N=C(N)c1cc(OCCc2ccccn2)ccn1. The first kappa shape index (κ1) is 12.0. The first-order chi connectivity index (χ1) is 8.75. The molecule has 0 spiro atoms. The van der Waals surface area contributed by atoms with E-state index in [1.165, 1.54) is 0 Å². The lowest BCUT2D eigenvalue weighted by molar-refractivity contribution is 0.320. The maximum absolute atomic E-state index is 7.29. The fraction of sp³-hybridized carbons (Fsp3) is 0.154. The van der Waals surface area contributed by atoms with Gasteiger partial charge in [0, 0.05) is 30.6 Å². The molecule has 0 fully saturated rings. The van der Waals surface area contributed by atoms with Crippen molar-refractivity contribution in [2.24, 2.45) is 5.73 Å². The predicted molar refractivity (Wildman–Crippen MR) is 68.7 cm³/mol. The summed E-state index contributed by atoms with van der Waals surface area (Å²) in [5, 5.41) is 7.29. The maximum Gasteiger partial charge on any atom is 0.141 e. The van der Waals surface area contributed by atoms with Crippen molar-refractivity contribution in [1.29, 1.82) is 5.41 Å².